The second-order valence-electron chi connectivity index (χ2n) is 1.22. The van der Waals surface area contributed by atoms with E-state index in [4.69, 9.17) is 5.84 Å². The van der Waals surface area contributed by atoms with Crippen molar-refractivity contribution in [2.24, 2.45) is 5.84 Å². The molecule has 0 aromatic heterocycles. The summed E-state index contributed by atoms with van der Waals surface area (Å²) >= 11 is 0. The van der Waals surface area contributed by atoms with E-state index >= 15 is 0 Å². The van der Waals surface area contributed by atoms with Crippen molar-refractivity contribution in [2.45, 2.75) is 13.8 Å². The lowest BCUT2D eigenvalue weighted by atomic mass is 10.6. The van der Waals surface area contributed by atoms with Gasteiger partial charge in [-0.25, -0.2) is 0 Å². The minimum Gasteiger partial charge on any atom is -0.131 e. The number of rotatable bonds is 2. The van der Waals surface area contributed by atoms with Crippen molar-refractivity contribution in [3.63, 3.8) is 0 Å². The molecule has 0 aromatic rings. The Bertz CT molecular complexity index is 24.7. The highest BCUT2D eigenvalue weighted by Gasteiger charge is 1.95. The van der Waals surface area contributed by atoms with E-state index in [-0.39, 0.29) is 0 Å². The van der Waals surface area contributed by atoms with Crippen molar-refractivity contribution in [1.29, 1.82) is 0 Å². The van der Waals surface area contributed by atoms with Gasteiger partial charge >= 0.3 is 0 Å². The lowest BCUT2D eigenvalue weighted by Crippen LogP contribution is -2.36. The van der Waals surface area contributed by atoms with E-state index in [1.807, 2.05) is 13.8 Å². The standard InChI is InChI=1S/C4H12N2/c1-3-6(5)4-2/h3-5H2,1-2H3/q+1. The van der Waals surface area contributed by atoms with Gasteiger partial charge in [-0.2, -0.15) is 0 Å². The largest absolute Gasteiger partial charge is 0.141 e. The summed E-state index contributed by atoms with van der Waals surface area (Å²) in [6, 6.07) is 0. The molecule has 0 unspecified atom stereocenters. The number of hydrogen-bond donors (Lipinski definition) is 1. The molecule has 0 fully saturated rings. The molecule has 2 heteroatoms. The fourth-order valence-electron chi connectivity index (χ4n) is 0.224. The van der Waals surface area contributed by atoms with Crippen LogP contribution >= 0.6 is 0 Å². The van der Waals surface area contributed by atoms with E-state index in [1.165, 1.54) is 0 Å². The molecular formula is C4H12N2+. The second kappa shape index (κ2) is 3.12. The molecule has 2 N–H and O–H groups in total. The molecule has 0 heterocycles. The van der Waals surface area contributed by atoms with Gasteiger partial charge in [-0.15, -0.1) is 5.84 Å². The zero-order valence-corrected chi connectivity index (χ0v) is 4.44. The van der Waals surface area contributed by atoms with Crippen LogP contribution in [0.2, 0.25) is 0 Å². The first-order valence-corrected chi connectivity index (χ1v) is 2.30. The Balaban J connectivity index is 2.75. The highest BCUT2D eigenvalue weighted by Crippen LogP contribution is 1.63. The van der Waals surface area contributed by atoms with Crippen molar-refractivity contribution in [1.82, 2.24) is 5.01 Å². The maximum atomic E-state index is 5.31. The van der Waals surface area contributed by atoms with Gasteiger partial charge < -0.3 is 0 Å². The van der Waals surface area contributed by atoms with Crippen LogP contribution in [-0.4, -0.2) is 13.1 Å². The Kier molecular flexibility index (Phi) is 3.08. The molecule has 6 heavy (non-hydrogen) atoms. The Morgan fingerprint density at radius 2 is 1.67 bits per heavy atom. The second-order valence-corrected chi connectivity index (χ2v) is 1.22. The molecule has 0 amide bonds. The Morgan fingerprint density at radius 1 is 1.33 bits per heavy atom. The molecule has 0 bridgehead atoms. The third kappa shape index (κ3) is 2.18. The van der Waals surface area contributed by atoms with Crippen molar-refractivity contribution in [3.05, 3.63) is 0 Å². The SMILES string of the molecule is CC[N+](N)CC. The molecule has 0 aromatic carbocycles. The predicted molar refractivity (Wildman–Crippen MR) is 27.4 cm³/mol. The summed E-state index contributed by atoms with van der Waals surface area (Å²) in [5, 5.41) is 1.75. The zero-order valence-electron chi connectivity index (χ0n) is 4.44. The Labute approximate surface area is 38.9 Å². The number of nitrogens with two attached hydrogens (primary N) is 1. The van der Waals surface area contributed by atoms with Crippen molar-refractivity contribution >= 4 is 0 Å². The van der Waals surface area contributed by atoms with Crippen molar-refractivity contribution in [2.75, 3.05) is 13.1 Å². The van der Waals surface area contributed by atoms with Gasteiger partial charge in [-0.1, -0.05) is 5.01 Å². The van der Waals surface area contributed by atoms with Crippen LogP contribution in [0.3, 0.4) is 0 Å². The summed E-state index contributed by atoms with van der Waals surface area (Å²) in [6.45, 7) is 5.94. The third-order valence-corrected chi connectivity index (χ3v) is 0.812. The molecule has 1 radical (unpaired) electrons. The molecule has 37 valence electrons. The van der Waals surface area contributed by atoms with Crippen LogP contribution in [0.1, 0.15) is 13.8 Å². The Morgan fingerprint density at radius 3 is 1.67 bits per heavy atom. The molecular weight excluding hydrogens is 76.1 g/mol. The first-order chi connectivity index (χ1) is 2.81. The smallest absolute Gasteiger partial charge is 0.131 e. The van der Waals surface area contributed by atoms with E-state index in [9.17, 15) is 0 Å². The van der Waals surface area contributed by atoms with Crippen LogP contribution in [0, 0.1) is 0 Å². The normalized spacial score (nSPS) is 10.0. The van der Waals surface area contributed by atoms with E-state index in [0.29, 0.717) is 0 Å². The van der Waals surface area contributed by atoms with Crippen LogP contribution in [0.25, 0.3) is 0 Å². The summed E-state index contributed by atoms with van der Waals surface area (Å²) in [4.78, 5) is 0. The summed E-state index contributed by atoms with van der Waals surface area (Å²) in [5.41, 5.74) is 0. The minimum absolute atomic E-state index is 0.941. The van der Waals surface area contributed by atoms with Crippen LogP contribution in [0.15, 0.2) is 0 Å². The maximum absolute atomic E-state index is 5.31. The lowest BCUT2D eigenvalue weighted by Gasteiger charge is -1.93. The highest BCUT2D eigenvalue weighted by atomic mass is 15.4. The topological polar surface area (TPSA) is 31.9 Å². The molecule has 0 aliphatic heterocycles. The van der Waals surface area contributed by atoms with Gasteiger partial charge in [-0.05, 0) is 13.8 Å². The quantitative estimate of drug-likeness (QED) is 0.288. The number of hydrazine groups is 1. The molecule has 0 aliphatic rings. The molecule has 0 atom stereocenters. The summed E-state index contributed by atoms with van der Waals surface area (Å²) in [7, 11) is 0. The van der Waals surface area contributed by atoms with Gasteiger partial charge in [0.15, 0.2) is 0 Å². The zero-order chi connectivity index (χ0) is 4.99. The van der Waals surface area contributed by atoms with E-state index in [0.717, 1.165) is 13.1 Å². The average molecular weight is 88.2 g/mol. The van der Waals surface area contributed by atoms with Crippen LogP contribution in [0.5, 0.6) is 0 Å². The van der Waals surface area contributed by atoms with Crippen LogP contribution in [-0.2, 0) is 0 Å². The molecule has 0 spiro atoms. The first-order valence-electron chi connectivity index (χ1n) is 2.30. The van der Waals surface area contributed by atoms with Gasteiger partial charge in [0.25, 0.3) is 0 Å². The number of nitrogens with zero attached hydrogens (tertiary/aromatic N) is 1. The molecule has 0 aliphatic carbocycles. The van der Waals surface area contributed by atoms with Crippen molar-refractivity contribution in [3.8, 4) is 0 Å². The molecule has 2 nitrogen and oxygen atoms in total. The monoisotopic (exact) mass is 88.1 g/mol. The van der Waals surface area contributed by atoms with Gasteiger partial charge in [0.05, 0.1) is 0 Å². The Hall–Kier alpha value is -0.0800. The van der Waals surface area contributed by atoms with E-state index in [1.54, 1.807) is 5.01 Å². The van der Waals surface area contributed by atoms with Gasteiger partial charge in [0, 0.05) is 0 Å². The lowest BCUT2D eigenvalue weighted by molar-refractivity contribution is 0.466. The van der Waals surface area contributed by atoms with Crippen LogP contribution < -0.4 is 10.9 Å². The van der Waals surface area contributed by atoms with Crippen LogP contribution in [0.4, 0.5) is 0 Å². The predicted octanol–water partition coefficient (Wildman–Crippen LogP) is 0.0400. The minimum atomic E-state index is 0.941. The molecule has 0 saturated heterocycles. The van der Waals surface area contributed by atoms with Crippen molar-refractivity contribution < 1.29 is 0 Å². The fourth-order valence-corrected chi connectivity index (χ4v) is 0.224. The first kappa shape index (κ1) is 5.92. The van der Waals surface area contributed by atoms with E-state index < -0.39 is 0 Å². The van der Waals surface area contributed by atoms with E-state index in [2.05, 4.69) is 0 Å². The summed E-state index contributed by atoms with van der Waals surface area (Å²) < 4.78 is 0. The average Bonchev–Trinajstić information content (AvgIpc) is 1.65. The third-order valence-electron chi connectivity index (χ3n) is 0.812. The van der Waals surface area contributed by atoms with Gasteiger partial charge in [0.2, 0.25) is 0 Å². The summed E-state index contributed by atoms with van der Waals surface area (Å²) in [6.07, 6.45) is 0. The molecule has 0 saturated carbocycles. The fraction of sp³-hybridized carbons (Fsp3) is 1.00. The van der Waals surface area contributed by atoms with Gasteiger partial charge in [-0.3, -0.25) is 0 Å². The highest BCUT2D eigenvalue weighted by molar-refractivity contribution is 4.40. The maximum Gasteiger partial charge on any atom is 0.141 e. The molecule has 0 rings (SSSR count). The summed E-state index contributed by atoms with van der Waals surface area (Å²) in [5.74, 6) is 5.31. The number of hydrogen-bond acceptors (Lipinski definition) is 2. The van der Waals surface area contributed by atoms with Gasteiger partial charge in [0.1, 0.15) is 13.1 Å².